The molecule has 0 saturated heterocycles. The summed E-state index contributed by atoms with van der Waals surface area (Å²) in [5, 5.41) is 10.2. The predicted molar refractivity (Wildman–Crippen MR) is 78.9 cm³/mol. The van der Waals surface area contributed by atoms with Crippen molar-refractivity contribution in [3.63, 3.8) is 0 Å². The van der Waals surface area contributed by atoms with Gasteiger partial charge in [0.15, 0.2) is 0 Å². The van der Waals surface area contributed by atoms with Crippen LogP contribution in [0.25, 0.3) is 0 Å². The number of hydrogen-bond acceptors (Lipinski definition) is 4. The van der Waals surface area contributed by atoms with E-state index in [9.17, 15) is 5.11 Å². The fourth-order valence-corrected chi connectivity index (χ4v) is 1.83. The summed E-state index contributed by atoms with van der Waals surface area (Å²) in [6.45, 7) is 6.30. The van der Waals surface area contributed by atoms with Crippen molar-refractivity contribution in [1.82, 2.24) is 0 Å². The van der Waals surface area contributed by atoms with Crippen molar-refractivity contribution >= 4 is 0 Å². The van der Waals surface area contributed by atoms with Gasteiger partial charge >= 0.3 is 0 Å². The van der Waals surface area contributed by atoms with Crippen LogP contribution in [0.2, 0.25) is 0 Å². The second kappa shape index (κ2) is 9.88. The molecule has 0 heterocycles. The third-order valence-electron chi connectivity index (χ3n) is 3.11. The van der Waals surface area contributed by atoms with Gasteiger partial charge in [-0.05, 0) is 25.8 Å². The van der Waals surface area contributed by atoms with Gasteiger partial charge in [0.2, 0.25) is 0 Å². The summed E-state index contributed by atoms with van der Waals surface area (Å²) in [5.74, 6) is 0. The van der Waals surface area contributed by atoms with E-state index in [2.05, 4.69) is 0 Å². The van der Waals surface area contributed by atoms with Crippen molar-refractivity contribution < 1.29 is 19.3 Å². The van der Waals surface area contributed by atoms with Crippen LogP contribution in [0.4, 0.5) is 0 Å². The van der Waals surface area contributed by atoms with Gasteiger partial charge in [-0.3, -0.25) is 0 Å². The van der Waals surface area contributed by atoms with Crippen molar-refractivity contribution in [2.75, 3.05) is 33.5 Å². The van der Waals surface area contributed by atoms with E-state index in [0.29, 0.717) is 26.4 Å². The molecule has 0 saturated carbocycles. The minimum absolute atomic E-state index is 0.250. The fourth-order valence-electron chi connectivity index (χ4n) is 1.83. The highest BCUT2D eigenvalue weighted by Gasteiger charge is 2.16. The number of rotatable bonds is 10. The van der Waals surface area contributed by atoms with E-state index in [0.717, 1.165) is 12.0 Å². The standard InChI is InChI=1S/C16H26O4/c1-13-5-7-15(8-6-13)16(17)14(2)20-12-11-19-10-4-9-18-3/h5-8,14,16-17H,4,9-12H2,1-3H3. The first-order valence-corrected chi connectivity index (χ1v) is 7.08. The molecule has 2 atom stereocenters. The second-order valence-corrected chi connectivity index (χ2v) is 4.89. The third kappa shape index (κ3) is 6.48. The molecule has 4 heteroatoms. The van der Waals surface area contributed by atoms with Crippen LogP contribution in [-0.4, -0.2) is 44.7 Å². The number of aryl methyl sites for hydroxylation is 1. The summed E-state index contributed by atoms with van der Waals surface area (Å²) >= 11 is 0. The SMILES string of the molecule is COCCCOCCOC(C)C(O)c1ccc(C)cc1. The quantitative estimate of drug-likeness (QED) is 0.670. The fraction of sp³-hybridized carbons (Fsp3) is 0.625. The normalized spacial score (nSPS) is 14.2. The lowest BCUT2D eigenvalue weighted by molar-refractivity contribution is -0.0492. The molecule has 1 N–H and O–H groups in total. The highest BCUT2D eigenvalue weighted by atomic mass is 16.5. The van der Waals surface area contributed by atoms with Crippen molar-refractivity contribution in [2.24, 2.45) is 0 Å². The summed E-state index contributed by atoms with van der Waals surface area (Å²) in [6, 6.07) is 7.84. The number of aliphatic hydroxyl groups excluding tert-OH is 1. The minimum Gasteiger partial charge on any atom is -0.386 e. The van der Waals surface area contributed by atoms with Gasteiger partial charge in [-0.1, -0.05) is 29.8 Å². The van der Waals surface area contributed by atoms with Crippen LogP contribution in [0.3, 0.4) is 0 Å². The number of ether oxygens (including phenoxy) is 3. The van der Waals surface area contributed by atoms with E-state index in [1.54, 1.807) is 7.11 Å². The highest BCUT2D eigenvalue weighted by molar-refractivity contribution is 5.23. The number of aliphatic hydroxyl groups is 1. The van der Waals surface area contributed by atoms with Crippen LogP contribution in [0.5, 0.6) is 0 Å². The largest absolute Gasteiger partial charge is 0.386 e. The van der Waals surface area contributed by atoms with Gasteiger partial charge in [0.25, 0.3) is 0 Å². The Hall–Kier alpha value is -0.940. The van der Waals surface area contributed by atoms with E-state index in [1.165, 1.54) is 5.56 Å². The molecule has 1 aromatic rings. The average molecular weight is 282 g/mol. The van der Waals surface area contributed by atoms with Crippen LogP contribution in [-0.2, 0) is 14.2 Å². The lowest BCUT2D eigenvalue weighted by atomic mass is 10.0. The summed E-state index contributed by atoms with van der Waals surface area (Å²) in [5.41, 5.74) is 2.06. The second-order valence-electron chi connectivity index (χ2n) is 4.89. The Kier molecular flexibility index (Phi) is 8.46. The zero-order chi connectivity index (χ0) is 14.8. The molecule has 0 aliphatic carbocycles. The van der Waals surface area contributed by atoms with Crippen molar-refractivity contribution in [2.45, 2.75) is 32.5 Å². The van der Waals surface area contributed by atoms with Crippen molar-refractivity contribution in [3.8, 4) is 0 Å². The van der Waals surface area contributed by atoms with Crippen LogP contribution in [0.15, 0.2) is 24.3 Å². The molecule has 1 rings (SSSR count). The molecule has 0 amide bonds. The Labute approximate surface area is 121 Å². The highest BCUT2D eigenvalue weighted by Crippen LogP contribution is 2.19. The maximum Gasteiger partial charge on any atom is 0.105 e. The molecule has 0 aliphatic heterocycles. The minimum atomic E-state index is -0.607. The van der Waals surface area contributed by atoms with Crippen molar-refractivity contribution in [3.05, 3.63) is 35.4 Å². The average Bonchev–Trinajstić information content (AvgIpc) is 2.46. The molecule has 0 radical (unpaired) electrons. The maximum absolute atomic E-state index is 10.2. The number of benzene rings is 1. The monoisotopic (exact) mass is 282 g/mol. The van der Waals surface area contributed by atoms with Crippen LogP contribution >= 0.6 is 0 Å². The smallest absolute Gasteiger partial charge is 0.105 e. The predicted octanol–water partition coefficient (Wildman–Crippen LogP) is 2.49. The Bertz CT molecular complexity index is 350. The van der Waals surface area contributed by atoms with Gasteiger partial charge < -0.3 is 19.3 Å². The molecule has 1 aromatic carbocycles. The topological polar surface area (TPSA) is 47.9 Å². The maximum atomic E-state index is 10.2. The van der Waals surface area contributed by atoms with Crippen LogP contribution in [0.1, 0.15) is 30.6 Å². The molecule has 0 aliphatic rings. The van der Waals surface area contributed by atoms with Crippen LogP contribution < -0.4 is 0 Å². The number of hydrogen-bond donors (Lipinski definition) is 1. The molecule has 0 aromatic heterocycles. The van der Waals surface area contributed by atoms with Gasteiger partial charge in [0, 0.05) is 20.3 Å². The molecular formula is C16H26O4. The molecule has 0 fully saturated rings. The zero-order valence-corrected chi connectivity index (χ0v) is 12.7. The Morgan fingerprint density at radius 2 is 1.75 bits per heavy atom. The van der Waals surface area contributed by atoms with E-state index in [4.69, 9.17) is 14.2 Å². The van der Waals surface area contributed by atoms with E-state index in [-0.39, 0.29) is 6.10 Å². The lowest BCUT2D eigenvalue weighted by Gasteiger charge is -2.20. The first kappa shape index (κ1) is 17.1. The molecule has 0 bridgehead atoms. The zero-order valence-electron chi connectivity index (χ0n) is 12.7. The van der Waals surface area contributed by atoms with Gasteiger partial charge in [-0.2, -0.15) is 0 Å². The van der Waals surface area contributed by atoms with E-state index < -0.39 is 6.10 Å². The Morgan fingerprint density at radius 3 is 2.40 bits per heavy atom. The summed E-state index contributed by atoms with van der Waals surface area (Å²) in [4.78, 5) is 0. The summed E-state index contributed by atoms with van der Waals surface area (Å²) in [7, 11) is 1.68. The molecular weight excluding hydrogens is 256 g/mol. The summed E-state index contributed by atoms with van der Waals surface area (Å²) < 4.78 is 15.9. The van der Waals surface area contributed by atoms with Gasteiger partial charge in [-0.25, -0.2) is 0 Å². The molecule has 20 heavy (non-hydrogen) atoms. The lowest BCUT2D eigenvalue weighted by Crippen LogP contribution is -2.21. The first-order chi connectivity index (χ1) is 9.65. The van der Waals surface area contributed by atoms with Gasteiger partial charge in [0.05, 0.1) is 19.3 Å². The van der Waals surface area contributed by atoms with E-state index >= 15 is 0 Å². The Morgan fingerprint density at radius 1 is 1.05 bits per heavy atom. The molecule has 114 valence electrons. The van der Waals surface area contributed by atoms with Gasteiger partial charge in [-0.15, -0.1) is 0 Å². The first-order valence-electron chi connectivity index (χ1n) is 7.08. The summed E-state index contributed by atoms with van der Waals surface area (Å²) in [6.07, 6.45) is 0.0299. The third-order valence-corrected chi connectivity index (χ3v) is 3.11. The van der Waals surface area contributed by atoms with Gasteiger partial charge in [0.1, 0.15) is 6.10 Å². The molecule has 4 nitrogen and oxygen atoms in total. The van der Waals surface area contributed by atoms with Crippen molar-refractivity contribution in [1.29, 1.82) is 0 Å². The molecule has 2 unspecified atom stereocenters. The number of methoxy groups -OCH3 is 1. The molecule has 0 spiro atoms. The van der Waals surface area contributed by atoms with E-state index in [1.807, 2.05) is 38.1 Å². The van der Waals surface area contributed by atoms with Crippen LogP contribution in [0, 0.1) is 6.92 Å². The Balaban J connectivity index is 2.18.